The van der Waals surface area contributed by atoms with Gasteiger partial charge in [-0.2, -0.15) is 0 Å². The maximum atomic E-state index is 12.2. The molecule has 1 spiro atoms. The monoisotopic (exact) mass is 528 g/mol. The molecule has 176 valence electrons. The van der Waals surface area contributed by atoms with Crippen LogP contribution in [0.15, 0.2) is 60.7 Å². The number of urea groups is 2. The molecule has 14 heteroatoms. The highest BCUT2D eigenvalue weighted by molar-refractivity contribution is 8.09. The van der Waals surface area contributed by atoms with Crippen molar-refractivity contribution in [1.29, 1.82) is 0 Å². The lowest BCUT2D eigenvalue weighted by Crippen LogP contribution is -2.48. The summed E-state index contributed by atoms with van der Waals surface area (Å²) in [6.45, 7) is -5.44. The number of para-hydroxylation sites is 2. The standard InChI is InChI=1S/C19H22N4O6P2S2/c24-17(20-15-7-3-1-4-8-15)22-30(32)26-11-19(12-27-30)13-28-31(33,29-14-19)23-18(25)21-16-9-5-2-6-10-16/h1-10H,11-14H2,(H2,20,22,24,32)(H2,21,23,25,33). The zero-order valence-corrected chi connectivity index (χ0v) is 20.7. The number of hydrogen-bond acceptors (Lipinski definition) is 8. The van der Waals surface area contributed by atoms with E-state index in [0.717, 1.165) is 0 Å². The number of carbonyl (C=O) groups excluding carboxylic acids is 2. The summed E-state index contributed by atoms with van der Waals surface area (Å²) < 4.78 is 23.0. The minimum absolute atomic E-state index is 0.154. The highest BCUT2D eigenvalue weighted by atomic mass is 32.5. The molecule has 0 aliphatic carbocycles. The fraction of sp³-hybridized carbons (Fsp3) is 0.263. The highest BCUT2D eigenvalue weighted by Crippen LogP contribution is 2.56. The van der Waals surface area contributed by atoms with Crippen LogP contribution in [0.25, 0.3) is 0 Å². The van der Waals surface area contributed by atoms with Gasteiger partial charge >= 0.3 is 12.1 Å². The lowest BCUT2D eigenvalue weighted by molar-refractivity contribution is -0.0562. The Morgan fingerprint density at radius 2 is 1.00 bits per heavy atom. The summed E-state index contributed by atoms with van der Waals surface area (Å²) in [4.78, 5) is 24.5. The Balaban J connectivity index is 1.25. The molecule has 2 heterocycles. The second-order valence-corrected chi connectivity index (χ2v) is 13.8. The van der Waals surface area contributed by atoms with Gasteiger partial charge in [-0.05, 0) is 47.9 Å². The van der Waals surface area contributed by atoms with E-state index >= 15 is 0 Å². The first-order chi connectivity index (χ1) is 15.8. The van der Waals surface area contributed by atoms with E-state index in [0.29, 0.717) is 11.4 Å². The number of hydrogen-bond donors (Lipinski definition) is 4. The Labute approximate surface area is 201 Å². The molecule has 2 saturated heterocycles. The molecule has 4 amide bonds. The van der Waals surface area contributed by atoms with E-state index < -0.39 is 30.8 Å². The molecule has 0 bridgehead atoms. The topological polar surface area (TPSA) is 119 Å². The van der Waals surface area contributed by atoms with Gasteiger partial charge < -0.3 is 28.7 Å². The van der Waals surface area contributed by atoms with Crippen molar-refractivity contribution in [3.8, 4) is 0 Å². The third kappa shape index (κ3) is 6.59. The van der Waals surface area contributed by atoms with Crippen LogP contribution < -0.4 is 20.8 Å². The first-order valence-corrected chi connectivity index (χ1v) is 15.1. The molecule has 2 aromatic carbocycles. The van der Waals surface area contributed by atoms with E-state index in [2.05, 4.69) is 20.8 Å². The third-order valence-electron chi connectivity index (χ3n) is 4.70. The molecular weight excluding hydrogens is 506 g/mol. The fourth-order valence-corrected chi connectivity index (χ4v) is 6.87. The molecule has 2 aliphatic rings. The van der Waals surface area contributed by atoms with Gasteiger partial charge in [0.05, 0.1) is 31.8 Å². The van der Waals surface area contributed by atoms with E-state index in [1.807, 2.05) is 12.1 Å². The number of nitrogens with one attached hydrogen (secondary N) is 4. The lowest BCUT2D eigenvalue weighted by atomic mass is 9.93. The van der Waals surface area contributed by atoms with Crippen molar-refractivity contribution >= 4 is 60.3 Å². The molecule has 2 aliphatic heterocycles. The van der Waals surface area contributed by atoms with Crippen LogP contribution in [0.5, 0.6) is 0 Å². The predicted octanol–water partition coefficient (Wildman–Crippen LogP) is 4.16. The first-order valence-electron chi connectivity index (χ1n) is 9.84. The van der Waals surface area contributed by atoms with E-state index in [-0.39, 0.29) is 26.4 Å². The Bertz CT molecular complexity index is 993. The van der Waals surface area contributed by atoms with Crippen LogP contribution in [-0.2, 0) is 41.7 Å². The molecule has 2 fully saturated rings. The van der Waals surface area contributed by atoms with Gasteiger partial charge in [0.25, 0.3) is 13.3 Å². The van der Waals surface area contributed by atoms with Crippen molar-refractivity contribution in [3.05, 3.63) is 60.7 Å². The Morgan fingerprint density at radius 1 is 0.667 bits per heavy atom. The Morgan fingerprint density at radius 3 is 1.33 bits per heavy atom. The van der Waals surface area contributed by atoms with Gasteiger partial charge in [0.1, 0.15) is 0 Å². The summed E-state index contributed by atoms with van der Waals surface area (Å²) in [5.41, 5.74) is 0.599. The second-order valence-electron chi connectivity index (χ2n) is 7.45. The van der Waals surface area contributed by atoms with Crippen molar-refractivity contribution < 1.29 is 27.7 Å². The fourth-order valence-electron chi connectivity index (χ4n) is 2.95. The van der Waals surface area contributed by atoms with Crippen LogP contribution in [0, 0.1) is 5.41 Å². The molecule has 4 rings (SSSR count). The number of amides is 4. The minimum atomic E-state index is -3.03. The summed E-state index contributed by atoms with van der Waals surface area (Å²) in [6.07, 6.45) is 0. The zero-order chi connectivity index (χ0) is 23.4. The average molecular weight is 528 g/mol. The largest absolute Gasteiger partial charge is 0.326 e. The lowest BCUT2D eigenvalue weighted by Gasteiger charge is -2.44. The van der Waals surface area contributed by atoms with Crippen LogP contribution >= 0.6 is 13.3 Å². The number of rotatable bonds is 4. The van der Waals surface area contributed by atoms with Crippen LogP contribution in [0.3, 0.4) is 0 Å². The number of benzene rings is 2. The highest BCUT2D eigenvalue weighted by Gasteiger charge is 2.47. The molecule has 0 unspecified atom stereocenters. The smallest absolute Gasteiger partial charge is 0.313 e. The molecule has 0 atom stereocenters. The maximum absolute atomic E-state index is 12.2. The van der Waals surface area contributed by atoms with Crippen molar-refractivity contribution in [3.63, 3.8) is 0 Å². The van der Waals surface area contributed by atoms with Gasteiger partial charge in [0.2, 0.25) is 0 Å². The summed E-state index contributed by atoms with van der Waals surface area (Å²) in [5.74, 6) is 0. The van der Waals surface area contributed by atoms with Crippen LogP contribution in [0.2, 0.25) is 0 Å². The first kappa shape index (κ1) is 24.3. The Hall–Kier alpha value is -1.88. The summed E-state index contributed by atoms with van der Waals surface area (Å²) in [5, 5.41) is 10.6. The number of carbonyl (C=O) groups is 2. The molecule has 0 radical (unpaired) electrons. The van der Waals surface area contributed by atoms with Gasteiger partial charge in [-0.15, -0.1) is 0 Å². The van der Waals surface area contributed by atoms with Gasteiger partial charge in [0, 0.05) is 11.4 Å². The molecule has 0 saturated carbocycles. The maximum Gasteiger partial charge on any atom is 0.326 e. The normalized spacial score (nSPS) is 29.1. The molecule has 10 nitrogen and oxygen atoms in total. The molecular formula is C19H22N4O6P2S2. The average Bonchev–Trinajstić information content (AvgIpc) is 2.79. The van der Waals surface area contributed by atoms with Gasteiger partial charge in [-0.3, -0.25) is 10.2 Å². The van der Waals surface area contributed by atoms with E-state index in [1.165, 1.54) is 0 Å². The van der Waals surface area contributed by atoms with Crippen LogP contribution in [0.1, 0.15) is 0 Å². The molecule has 0 aromatic heterocycles. The molecule has 33 heavy (non-hydrogen) atoms. The van der Waals surface area contributed by atoms with Crippen molar-refractivity contribution in [1.82, 2.24) is 10.2 Å². The van der Waals surface area contributed by atoms with Crippen LogP contribution in [-0.4, -0.2) is 38.5 Å². The van der Waals surface area contributed by atoms with Crippen LogP contribution in [0.4, 0.5) is 21.0 Å². The van der Waals surface area contributed by atoms with E-state index in [4.69, 9.17) is 41.7 Å². The van der Waals surface area contributed by atoms with Crippen molar-refractivity contribution in [2.45, 2.75) is 0 Å². The van der Waals surface area contributed by atoms with E-state index in [9.17, 15) is 9.59 Å². The quantitative estimate of drug-likeness (QED) is 0.437. The SMILES string of the molecule is O=C(Nc1ccccc1)NP1(=S)OCC2(CO1)COP(=S)(NC(=O)Nc1ccccc1)OC2. The summed E-state index contributed by atoms with van der Waals surface area (Å²) in [6, 6.07) is 16.9. The summed E-state index contributed by atoms with van der Waals surface area (Å²) in [7, 11) is 0. The molecule has 4 N–H and O–H groups in total. The second kappa shape index (κ2) is 10.2. The van der Waals surface area contributed by atoms with Crippen molar-refractivity contribution in [2.24, 2.45) is 5.41 Å². The number of anilines is 2. The zero-order valence-electron chi connectivity index (χ0n) is 17.3. The Kier molecular flexibility index (Phi) is 7.47. The van der Waals surface area contributed by atoms with Gasteiger partial charge in [-0.1, -0.05) is 36.4 Å². The third-order valence-corrected chi connectivity index (χ3v) is 9.35. The van der Waals surface area contributed by atoms with Crippen molar-refractivity contribution in [2.75, 3.05) is 37.1 Å². The summed E-state index contributed by atoms with van der Waals surface area (Å²) >= 11 is 10.8. The molecule has 2 aromatic rings. The predicted molar refractivity (Wildman–Crippen MR) is 132 cm³/mol. The van der Waals surface area contributed by atoms with Gasteiger partial charge in [0.15, 0.2) is 0 Å². The minimum Gasteiger partial charge on any atom is -0.313 e. The van der Waals surface area contributed by atoms with E-state index in [1.54, 1.807) is 48.5 Å². The van der Waals surface area contributed by atoms with Gasteiger partial charge in [-0.25, -0.2) is 9.59 Å².